The second kappa shape index (κ2) is 9.06. The molecule has 0 fully saturated rings. The number of nitrogens with zero attached hydrogens (tertiary/aromatic N) is 2. The molecule has 2 atom stereocenters. The number of amides is 1. The molecule has 1 aromatic heterocycles. The van der Waals surface area contributed by atoms with Gasteiger partial charge in [-0.1, -0.05) is 42.5 Å². The Bertz CT molecular complexity index is 1280. The summed E-state index contributed by atoms with van der Waals surface area (Å²) in [4.78, 5) is 45.5. The molecular weight excluding hydrogens is 428 g/mol. The van der Waals surface area contributed by atoms with Gasteiger partial charge < -0.3 is 4.74 Å². The number of hydrogen-bond acceptors (Lipinski definition) is 5. The zero-order chi connectivity index (χ0) is 23.7. The fourth-order valence-corrected chi connectivity index (χ4v) is 5.11. The van der Waals surface area contributed by atoms with Crippen LogP contribution in [0.1, 0.15) is 52.6 Å². The molecule has 1 aliphatic carbocycles. The standard InChI is InChI=1S/C28H24N2O4/c1-34-28(33)21-9-5-6-10-23(21)30-24-15-20(18-7-3-2-4-8-18)16-25(31)27(24)22(17-26(30)32)19-11-13-29-14-12-19/h2-14,20,22H,15-17H2,1H3. The maximum absolute atomic E-state index is 13.7. The smallest absolute Gasteiger partial charge is 0.339 e. The molecule has 2 unspecified atom stereocenters. The van der Waals surface area contributed by atoms with Crippen molar-refractivity contribution in [2.45, 2.75) is 31.1 Å². The van der Waals surface area contributed by atoms with E-state index >= 15 is 0 Å². The Morgan fingerprint density at radius 2 is 1.59 bits per heavy atom. The van der Waals surface area contributed by atoms with Crippen LogP contribution in [0.15, 0.2) is 90.4 Å². The average Bonchev–Trinajstić information content (AvgIpc) is 2.88. The van der Waals surface area contributed by atoms with Crippen LogP contribution in [0.4, 0.5) is 5.69 Å². The van der Waals surface area contributed by atoms with Crippen molar-refractivity contribution in [3.05, 3.63) is 107 Å². The lowest BCUT2D eigenvalue weighted by atomic mass is 9.73. The predicted octanol–water partition coefficient (Wildman–Crippen LogP) is 4.79. The van der Waals surface area contributed by atoms with Crippen molar-refractivity contribution in [1.29, 1.82) is 0 Å². The van der Waals surface area contributed by atoms with E-state index in [-0.39, 0.29) is 29.9 Å². The van der Waals surface area contributed by atoms with Gasteiger partial charge in [0.2, 0.25) is 5.91 Å². The number of Topliss-reactive ketones (excluding diaryl/α,β-unsaturated/α-hetero) is 1. The van der Waals surface area contributed by atoms with Crippen molar-refractivity contribution in [2.24, 2.45) is 0 Å². The first-order valence-corrected chi connectivity index (χ1v) is 11.3. The summed E-state index contributed by atoms with van der Waals surface area (Å²) in [5, 5.41) is 0. The molecule has 2 aliphatic rings. The monoisotopic (exact) mass is 452 g/mol. The quantitative estimate of drug-likeness (QED) is 0.532. The van der Waals surface area contributed by atoms with Gasteiger partial charge in [0.05, 0.1) is 18.4 Å². The summed E-state index contributed by atoms with van der Waals surface area (Å²) < 4.78 is 4.97. The zero-order valence-corrected chi connectivity index (χ0v) is 18.8. The van der Waals surface area contributed by atoms with Gasteiger partial charge in [0.25, 0.3) is 0 Å². The first kappa shape index (κ1) is 21.8. The van der Waals surface area contributed by atoms with E-state index in [1.54, 1.807) is 41.6 Å². The third-order valence-electron chi connectivity index (χ3n) is 6.66. The molecule has 6 nitrogen and oxygen atoms in total. The molecule has 0 radical (unpaired) electrons. The van der Waals surface area contributed by atoms with E-state index in [1.807, 2.05) is 42.5 Å². The number of methoxy groups -OCH3 is 1. The average molecular weight is 453 g/mol. The Morgan fingerprint density at radius 3 is 2.32 bits per heavy atom. The Hall–Kier alpha value is -4.06. The Kier molecular flexibility index (Phi) is 5.80. The fourth-order valence-electron chi connectivity index (χ4n) is 5.11. The number of rotatable bonds is 4. The Morgan fingerprint density at radius 1 is 0.882 bits per heavy atom. The van der Waals surface area contributed by atoms with E-state index in [0.717, 1.165) is 11.1 Å². The highest BCUT2D eigenvalue weighted by Gasteiger charge is 2.43. The largest absolute Gasteiger partial charge is 0.465 e. The molecular formula is C28H24N2O4. The molecule has 5 rings (SSSR count). The molecule has 3 aromatic rings. The minimum Gasteiger partial charge on any atom is -0.465 e. The summed E-state index contributed by atoms with van der Waals surface area (Å²) in [6, 6.07) is 20.5. The predicted molar refractivity (Wildman–Crippen MR) is 127 cm³/mol. The number of ether oxygens (including phenoxy) is 1. The molecule has 0 bridgehead atoms. The van der Waals surface area contributed by atoms with Crippen LogP contribution in [-0.2, 0) is 14.3 Å². The summed E-state index contributed by atoms with van der Waals surface area (Å²) in [5.41, 5.74) is 4.01. The van der Waals surface area contributed by atoms with Gasteiger partial charge in [0.1, 0.15) is 0 Å². The van der Waals surface area contributed by atoms with Crippen LogP contribution >= 0.6 is 0 Å². The first-order chi connectivity index (χ1) is 16.6. The first-order valence-electron chi connectivity index (χ1n) is 11.3. The van der Waals surface area contributed by atoms with Crippen molar-refractivity contribution >= 4 is 23.3 Å². The van der Waals surface area contributed by atoms with Crippen molar-refractivity contribution in [2.75, 3.05) is 12.0 Å². The van der Waals surface area contributed by atoms with Gasteiger partial charge in [-0.2, -0.15) is 0 Å². The third kappa shape index (κ3) is 3.81. The van der Waals surface area contributed by atoms with E-state index < -0.39 is 5.97 Å². The van der Waals surface area contributed by atoms with E-state index in [1.165, 1.54) is 7.11 Å². The maximum Gasteiger partial charge on any atom is 0.339 e. The van der Waals surface area contributed by atoms with Crippen LogP contribution in [0.3, 0.4) is 0 Å². The normalized spacial score (nSPS) is 20.2. The Balaban J connectivity index is 1.69. The van der Waals surface area contributed by atoms with Gasteiger partial charge in [-0.25, -0.2) is 4.79 Å². The highest BCUT2D eigenvalue weighted by Crippen LogP contribution is 2.47. The van der Waals surface area contributed by atoms with Gasteiger partial charge >= 0.3 is 5.97 Å². The van der Waals surface area contributed by atoms with Gasteiger partial charge in [-0.05, 0) is 47.7 Å². The van der Waals surface area contributed by atoms with Gasteiger partial charge in [0, 0.05) is 42.4 Å². The number of hydrogen-bond donors (Lipinski definition) is 0. The highest BCUT2D eigenvalue weighted by molar-refractivity contribution is 6.10. The van der Waals surface area contributed by atoms with Crippen LogP contribution in [0.2, 0.25) is 0 Å². The third-order valence-corrected chi connectivity index (χ3v) is 6.66. The van der Waals surface area contributed by atoms with Crippen LogP contribution in [0, 0.1) is 0 Å². The summed E-state index contributed by atoms with van der Waals surface area (Å²) >= 11 is 0. The van der Waals surface area contributed by atoms with Crippen LogP contribution in [-0.4, -0.2) is 29.8 Å². The van der Waals surface area contributed by atoms with Gasteiger partial charge in [-0.3, -0.25) is 19.5 Å². The lowest BCUT2D eigenvalue weighted by molar-refractivity contribution is -0.120. The number of allylic oxidation sites excluding steroid dienone is 2. The second-order valence-electron chi connectivity index (χ2n) is 8.57. The van der Waals surface area contributed by atoms with Gasteiger partial charge in [0.15, 0.2) is 5.78 Å². The minimum absolute atomic E-state index is 0.0324. The van der Waals surface area contributed by atoms with Crippen LogP contribution < -0.4 is 4.90 Å². The molecule has 1 amide bonds. The fraction of sp³-hybridized carbons (Fsp3) is 0.214. The number of benzene rings is 2. The van der Waals surface area contributed by atoms with Crippen molar-refractivity contribution in [3.63, 3.8) is 0 Å². The van der Waals surface area contributed by atoms with Gasteiger partial charge in [-0.15, -0.1) is 0 Å². The number of aromatic nitrogens is 1. The number of anilines is 1. The second-order valence-corrected chi connectivity index (χ2v) is 8.57. The minimum atomic E-state index is -0.524. The molecule has 2 heterocycles. The summed E-state index contributed by atoms with van der Waals surface area (Å²) in [6.07, 6.45) is 4.40. The maximum atomic E-state index is 13.7. The molecule has 170 valence electrons. The SMILES string of the molecule is COC(=O)c1ccccc1N1C(=O)CC(c2ccncc2)C2=C1CC(c1ccccc1)CC2=O. The zero-order valence-electron chi connectivity index (χ0n) is 18.8. The van der Waals surface area contributed by atoms with E-state index in [9.17, 15) is 14.4 Å². The van der Waals surface area contributed by atoms with Crippen LogP contribution in [0.5, 0.6) is 0 Å². The molecule has 0 saturated heterocycles. The number of carbonyl (C=O) groups is 3. The van der Waals surface area contributed by atoms with E-state index in [2.05, 4.69) is 4.98 Å². The van der Waals surface area contributed by atoms with Crippen molar-refractivity contribution < 1.29 is 19.1 Å². The number of para-hydroxylation sites is 1. The molecule has 0 saturated carbocycles. The summed E-state index contributed by atoms with van der Waals surface area (Å²) in [5.74, 6) is -1.03. The number of pyridine rings is 1. The molecule has 34 heavy (non-hydrogen) atoms. The lowest BCUT2D eigenvalue weighted by Crippen LogP contribution is -2.42. The highest BCUT2D eigenvalue weighted by atomic mass is 16.5. The molecule has 0 N–H and O–H groups in total. The topological polar surface area (TPSA) is 76.6 Å². The number of esters is 1. The van der Waals surface area contributed by atoms with Crippen molar-refractivity contribution in [1.82, 2.24) is 4.98 Å². The molecule has 0 spiro atoms. The molecule has 2 aromatic carbocycles. The molecule has 1 aliphatic heterocycles. The number of ketones is 1. The summed E-state index contributed by atoms with van der Waals surface area (Å²) in [6.45, 7) is 0. The van der Waals surface area contributed by atoms with Crippen molar-refractivity contribution in [3.8, 4) is 0 Å². The summed E-state index contributed by atoms with van der Waals surface area (Å²) in [7, 11) is 1.32. The lowest BCUT2D eigenvalue weighted by Gasteiger charge is -2.41. The van der Waals surface area contributed by atoms with E-state index in [0.29, 0.717) is 35.4 Å². The molecule has 6 heteroatoms. The van der Waals surface area contributed by atoms with E-state index in [4.69, 9.17) is 4.74 Å². The Labute approximate surface area is 197 Å². The number of carbonyl (C=O) groups excluding carboxylic acids is 3. The van der Waals surface area contributed by atoms with Crippen LogP contribution in [0.25, 0.3) is 0 Å².